The summed E-state index contributed by atoms with van der Waals surface area (Å²) in [5.74, 6) is -1.25. The van der Waals surface area contributed by atoms with Crippen molar-refractivity contribution in [1.82, 2.24) is 10.2 Å². The van der Waals surface area contributed by atoms with Gasteiger partial charge in [-0.3, -0.25) is 0 Å². The van der Waals surface area contributed by atoms with Gasteiger partial charge in [0.1, 0.15) is 0 Å². The number of halogens is 4. The number of rotatable bonds is 4. The highest BCUT2D eigenvalue weighted by Gasteiger charge is 2.14. The molecule has 1 aromatic heterocycles. The third-order valence-corrected chi connectivity index (χ3v) is 3.89. The molecule has 0 N–H and O–H groups in total. The molecule has 8 heteroatoms. The molecule has 24 heavy (non-hydrogen) atoms. The molecule has 0 spiro atoms. The Balaban J connectivity index is 1.79. The SMILES string of the molecule is CN(Cc1nnc(-c2ccc(Cl)cc2Cl)o1)c1ccc(F)c(F)c1. The number of benzene rings is 2. The molecular weight excluding hydrogens is 359 g/mol. The van der Waals surface area contributed by atoms with E-state index in [1.165, 1.54) is 6.07 Å². The van der Waals surface area contributed by atoms with Gasteiger partial charge in [0.05, 0.1) is 17.1 Å². The van der Waals surface area contributed by atoms with Crippen LogP contribution in [0.4, 0.5) is 14.5 Å². The summed E-state index contributed by atoms with van der Waals surface area (Å²) in [7, 11) is 1.70. The highest BCUT2D eigenvalue weighted by molar-refractivity contribution is 6.36. The normalized spacial score (nSPS) is 10.9. The molecule has 0 saturated carbocycles. The van der Waals surface area contributed by atoms with E-state index in [1.54, 1.807) is 30.1 Å². The number of aromatic nitrogens is 2. The molecule has 0 radical (unpaired) electrons. The first-order valence-electron chi connectivity index (χ1n) is 6.88. The van der Waals surface area contributed by atoms with Gasteiger partial charge in [-0.2, -0.15) is 0 Å². The van der Waals surface area contributed by atoms with E-state index in [1.807, 2.05) is 0 Å². The van der Waals surface area contributed by atoms with Crippen molar-refractivity contribution in [3.05, 3.63) is 64.0 Å². The average Bonchev–Trinajstić information content (AvgIpc) is 2.98. The van der Waals surface area contributed by atoms with Crippen molar-refractivity contribution >= 4 is 28.9 Å². The van der Waals surface area contributed by atoms with Crippen LogP contribution in [0.15, 0.2) is 40.8 Å². The number of nitrogens with zero attached hydrogens (tertiary/aromatic N) is 3. The summed E-state index contributed by atoms with van der Waals surface area (Å²) in [5, 5.41) is 8.79. The fraction of sp³-hybridized carbons (Fsp3) is 0.125. The van der Waals surface area contributed by atoms with Crippen molar-refractivity contribution in [2.75, 3.05) is 11.9 Å². The molecule has 0 atom stereocenters. The van der Waals surface area contributed by atoms with E-state index < -0.39 is 11.6 Å². The summed E-state index contributed by atoms with van der Waals surface area (Å²) in [5.41, 5.74) is 1.05. The van der Waals surface area contributed by atoms with Crippen LogP contribution in [-0.2, 0) is 6.54 Å². The van der Waals surface area contributed by atoms with Crippen LogP contribution in [0.2, 0.25) is 10.0 Å². The molecule has 0 saturated heterocycles. The molecule has 3 aromatic rings. The molecule has 0 aliphatic rings. The van der Waals surface area contributed by atoms with Crippen molar-refractivity contribution in [2.45, 2.75) is 6.54 Å². The van der Waals surface area contributed by atoms with Gasteiger partial charge >= 0.3 is 0 Å². The molecule has 0 bridgehead atoms. The first kappa shape index (κ1) is 16.7. The van der Waals surface area contributed by atoms with Crippen LogP contribution >= 0.6 is 23.2 Å². The van der Waals surface area contributed by atoms with Gasteiger partial charge in [0, 0.05) is 23.8 Å². The van der Waals surface area contributed by atoms with Crippen LogP contribution in [0.3, 0.4) is 0 Å². The lowest BCUT2D eigenvalue weighted by molar-refractivity contribution is 0.499. The molecule has 0 unspecified atom stereocenters. The number of anilines is 1. The fourth-order valence-corrected chi connectivity index (χ4v) is 2.60. The van der Waals surface area contributed by atoms with Gasteiger partial charge in [0.25, 0.3) is 0 Å². The lowest BCUT2D eigenvalue weighted by Crippen LogP contribution is -2.16. The van der Waals surface area contributed by atoms with Gasteiger partial charge in [0.2, 0.25) is 11.8 Å². The topological polar surface area (TPSA) is 42.2 Å². The maximum Gasteiger partial charge on any atom is 0.249 e. The van der Waals surface area contributed by atoms with Crippen LogP contribution in [0, 0.1) is 11.6 Å². The highest BCUT2D eigenvalue weighted by Crippen LogP contribution is 2.29. The molecule has 0 amide bonds. The lowest BCUT2D eigenvalue weighted by Gasteiger charge is -2.17. The monoisotopic (exact) mass is 369 g/mol. The maximum atomic E-state index is 13.3. The summed E-state index contributed by atoms with van der Waals surface area (Å²) in [6.45, 7) is 0.225. The number of hydrogen-bond donors (Lipinski definition) is 0. The second-order valence-corrected chi connectivity index (χ2v) is 5.92. The molecule has 0 fully saturated rings. The lowest BCUT2D eigenvalue weighted by atomic mass is 10.2. The summed E-state index contributed by atoms with van der Waals surface area (Å²) < 4.78 is 31.9. The first-order chi connectivity index (χ1) is 11.4. The van der Waals surface area contributed by atoms with Gasteiger partial charge in [-0.05, 0) is 30.3 Å². The largest absolute Gasteiger partial charge is 0.419 e. The van der Waals surface area contributed by atoms with Crippen molar-refractivity contribution in [1.29, 1.82) is 0 Å². The molecular formula is C16H11Cl2F2N3O. The van der Waals surface area contributed by atoms with Crippen LogP contribution in [0.25, 0.3) is 11.5 Å². The molecule has 4 nitrogen and oxygen atoms in total. The zero-order valence-corrected chi connectivity index (χ0v) is 13.9. The molecule has 2 aromatic carbocycles. The first-order valence-corrected chi connectivity index (χ1v) is 7.63. The minimum Gasteiger partial charge on any atom is -0.419 e. The Morgan fingerprint density at radius 3 is 2.54 bits per heavy atom. The van der Waals surface area contributed by atoms with Crippen molar-refractivity contribution in [3.8, 4) is 11.5 Å². The number of hydrogen-bond acceptors (Lipinski definition) is 4. The Morgan fingerprint density at radius 2 is 1.83 bits per heavy atom. The molecule has 3 rings (SSSR count). The van der Waals surface area contributed by atoms with E-state index >= 15 is 0 Å². The van der Waals surface area contributed by atoms with Gasteiger partial charge in [0.15, 0.2) is 11.6 Å². The Bertz CT molecular complexity index is 886. The van der Waals surface area contributed by atoms with E-state index in [-0.39, 0.29) is 12.4 Å². The average molecular weight is 370 g/mol. The maximum absolute atomic E-state index is 13.3. The predicted molar refractivity (Wildman–Crippen MR) is 88.2 cm³/mol. The fourth-order valence-electron chi connectivity index (χ4n) is 2.11. The molecule has 124 valence electrons. The van der Waals surface area contributed by atoms with Gasteiger partial charge in [-0.25, -0.2) is 8.78 Å². The Morgan fingerprint density at radius 1 is 1.04 bits per heavy atom. The van der Waals surface area contributed by atoms with Crippen molar-refractivity contribution in [3.63, 3.8) is 0 Å². The second-order valence-electron chi connectivity index (χ2n) is 5.08. The van der Waals surface area contributed by atoms with E-state index in [2.05, 4.69) is 10.2 Å². The molecule has 1 heterocycles. The van der Waals surface area contributed by atoms with E-state index in [9.17, 15) is 8.78 Å². The second kappa shape index (κ2) is 6.75. The van der Waals surface area contributed by atoms with Crippen LogP contribution in [-0.4, -0.2) is 17.2 Å². The van der Waals surface area contributed by atoms with Crippen molar-refractivity contribution in [2.24, 2.45) is 0 Å². The van der Waals surface area contributed by atoms with E-state index in [0.29, 0.717) is 27.2 Å². The zero-order chi connectivity index (χ0) is 17.3. The Labute approximate surface area is 146 Å². The van der Waals surface area contributed by atoms with Crippen LogP contribution in [0.1, 0.15) is 5.89 Å². The summed E-state index contributed by atoms with van der Waals surface area (Å²) in [6.07, 6.45) is 0. The van der Waals surface area contributed by atoms with E-state index in [4.69, 9.17) is 27.6 Å². The summed E-state index contributed by atoms with van der Waals surface area (Å²) in [4.78, 5) is 1.66. The minimum atomic E-state index is -0.918. The third-order valence-electron chi connectivity index (χ3n) is 3.34. The van der Waals surface area contributed by atoms with Crippen LogP contribution in [0.5, 0.6) is 0 Å². The zero-order valence-electron chi connectivity index (χ0n) is 12.4. The van der Waals surface area contributed by atoms with Gasteiger partial charge < -0.3 is 9.32 Å². The third kappa shape index (κ3) is 3.49. The van der Waals surface area contributed by atoms with Gasteiger partial charge in [-0.1, -0.05) is 23.2 Å². The van der Waals surface area contributed by atoms with Gasteiger partial charge in [-0.15, -0.1) is 10.2 Å². The Hall–Kier alpha value is -2.18. The molecule has 0 aliphatic heterocycles. The standard InChI is InChI=1S/C16H11Cl2F2N3O/c1-23(10-3-5-13(19)14(20)7-10)8-15-21-22-16(24-15)11-4-2-9(17)6-12(11)18/h2-7H,8H2,1H3. The smallest absolute Gasteiger partial charge is 0.249 e. The molecule has 0 aliphatic carbocycles. The van der Waals surface area contributed by atoms with Crippen LogP contribution < -0.4 is 4.90 Å². The quantitative estimate of drug-likeness (QED) is 0.651. The minimum absolute atomic E-state index is 0.225. The summed E-state index contributed by atoms with van der Waals surface area (Å²) in [6, 6.07) is 8.55. The predicted octanol–water partition coefficient (Wildman–Crippen LogP) is 4.96. The summed E-state index contributed by atoms with van der Waals surface area (Å²) >= 11 is 12.0. The highest BCUT2D eigenvalue weighted by atomic mass is 35.5. The van der Waals surface area contributed by atoms with E-state index in [0.717, 1.165) is 12.1 Å². The Kier molecular flexibility index (Phi) is 4.69. The van der Waals surface area contributed by atoms with Crippen molar-refractivity contribution < 1.29 is 13.2 Å².